The van der Waals surface area contributed by atoms with Crippen LogP contribution in [0.2, 0.25) is 0 Å². The van der Waals surface area contributed by atoms with Gasteiger partial charge in [-0.25, -0.2) is 4.79 Å². The van der Waals surface area contributed by atoms with E-state index in [1.807, 2.05) is 0 Å². The number of ketones is 1. The van der Waals surface area contributed by atoms with Gasteiger partial charge in [-0.15, -0.1) is 0 Å². The number of carbonyl (C=O) groups is 2. The summed E-state index contributed by atoms with van der Waals surface area (Å²) in [7, 11) is 1.35. The molecule has 0 fully saturated rings. The van der Waals surface area contributed by atoms with Crippen LogP contribution >= 0.6 is 15.9 Å². The molecule has 0 radical (unpaired) electrons. The molecule has 1 N–H and O–H groups in total. The first-order chi connectivity index (χ1) is 8.43. The first kappa shape index (κ1) is 14.5. The molecule has 0 unspecified atom stereocenters. The van der Waals surface area contributed by atoms with Gasteiger partial charge in [-0.2, -0.15) is 0 Å². The Balaban J connectivity index is 3.32. The third-order valence-corrected chi connectivity index (χ3v) is 3.05. The number of ether oxygens (including phenoxy) is 2. The molecule has 0 saturated heterocycles. The number of phenols is 1. The third kappa shape index (κ3) is 2.64. The fourth-order valence-electron chi connectivity index (χ4n) is 1.51. The minimum Gasteiger partial charge on any atom is -0.504 e. The van der Waals surface area contributed by atoms with Crippen molar-refractivity contribution in [2.45, 2.75) is 13.8 Å². The molecule has 98 valence electrons. The quantitative estimate of drug-likeness (QED) is 0.524. The van der Waals surface area contributed by atoms with Crippen LogP contribution in [0.25, 0.3) is 0 Å². The highest BCUT2D eigenvalue weighted by molar-refractivity contribution is 9.10. The molecule has 1 rings (SSSR count). The zero-order valence-corrected chi connectivity index (χ0v) is 11.8. The van der Waals surface area contributed by atoms with E-state index in [2.05, 4.69) is 20.7 Å². The van der Waals surface area contributed by atoms with Crippen molar-refractivity contribution in [1.82, 2.24) is 0 Å². The average Bonchev–Trinajstić information content (AvgIpc) is 2.29. The average molecular weight is 317 g/mol. The Hall–Kier alpha value is -1.56. The standard InChI is InChI=1S/C12H13BrO5/c1-4-18-12(16)10(15)8-6(2)5-7(14)11(17-3)9(8)13/h5,14H,4H2,1-3H3. The van der Waals surface area contributed by atoms with E-state index in [0.29, 0.717) is 5.56 Å². The Morgan fingerprint density at radius 1 is 1.44 bits per heavy atom. The van der Waals surface area contributed by atoms with E-state index < -0.39 is 11.8 Å². The second-order valence-electron chi connectivity index (χ2n) is 3.48. The van der Waals surface area contributed by atoms with Crippen molar-refractivity contribution in [3.8, 4) is 11.5 Å². The number of aromatic hydroxyl groups is 1. The van der Waals surface area contributed by atoms with Gasteiger partial charge < -0.3 is 14.6 Å². The molecular weight excluding hydrogens is 304 g/mol. The first-order valence-electron chi connectivity index (χ1n) is 5.21. The number of rotatable bonds is 4. The van der Waals surface area contributed by atoms with Gasteiger partial charge in [0, 0.05) is 0 Å². The molecule has 0 heterocycles. The number of hydrogen-bond donors (Lipinski definition) is 1. The van der Waals surface area contributed by atoms with Gasteiger partial charge in [0.1, 0.15) is 0 Å². The van der Waals surface area contributed by atoms with Gasteiger partial charge in [0.05, 0.1) is 23.8 Å². The third-order valence-electron chi connectivity index (χ3n) is 2.29. The normalized spacial score (nSPS) is 10.0. The molecule has 0 aromatic heterocycles. The summed E-state index contributed by atoms with van der Waals surface area (Å²) in [5.41, 5.74) is 0.585. The molecule has 0 atom stereocenters. The predicted molar refractivity (Wildman–Crippen MR) is 68.1 cm³/mol. The van der Waals surface area contributed by atoms with Crippen molar-refractivity contribution in [1.29, 1.82) is 0 Å². The maximum absolute atomic E-state index is 11.9. The molecule has 0 spiro atoms. The van der Waals surface area contributed by atoms with Gasteiger partial charge in [0.2, 0.25) is 0 Å². The molecule has 0 saturated carbocycles. The Morgan fingerprint density at radius 2 is 2.06 bits per heavy atom. The van der Waals surface area contributed by atoms with E-state index in [9.17, 15) is 14.7 Å². The van der Waals surface area contributed by atoms with Crippen molar-refractivity contribution in [2.75, 3.05) is 13.7 Å². The monoisotopic (exact) mass is 316 g/mol. The smallest absolute Gasteiger partial charge is 0.379 e. The minimum atomic E-state index is -0.936. The van der Waals surface area contributed by atoms with Crippen LogP contribution in [0.5, 0.6) is 11.5 Å². The summed E-state index contributed by atoms with van der Waals surface area (Å²) in [6.45, 7) is 3.34. The van der Waals surface area contributed by atoms with Crippen molar-refractivity contribution in [2.24, 2.45) is 0 Å². The van der Waals surface area contributed by atoms with Crippen LogP contribution in [0.15, 0.2) is 10.5 Å². The van der Waals surface area contributed by atoms with E-state index in [0.717, 1.165) is 0 Å². The summed E-state index contributed by atoms with van der Waals surface area (Å²) in [6.07, 6.45) is 0. The van der Waals surface area contributed by atoms with Crippen molar-refractivity contribution in [3.05, 3.63) is 21.7 Å². The van der Waals surface area contributed by atoms with E-state index in [1.165, 1.54) is 13.2 Å². The minimum absolute atomic E-state index is 0.105. The van der Waals surface area contributed by atoms with E-state index in [1.54, 1.807) is 13.8 Å². The summed E-state index contributed by atoms with van der Waals surface area (Å²) < 4.78 is 9.86. The maximum Gasteiger partial charge on any atom is 0.379 e. The summed E-state index contributed by atoms with van der Waals surface area (Å²) in [6, 6.07) is 1.36. The van der Waals surface area contributed by atoms with Crippen LogP contribution in [-0.4, -0.2) is 30.6 Å². The number of benzene rings is 1. The van der Waals surface area contributed by atoms with Gasteiger partial charge in [0.15, 0.2) is 11.5 Å². The van der Waals surface area contributed by atoms with E-state index in [-0.39, 0.29) is 28.1 Å². The van der Waals surface area contributed by atoms with Crippen LogP contribution in [0.1, 0.15) is 22.8 Å². The molecule has 0 bridgehead atoms. The number of carbonyl (C=O) groups excluding carboxylic acids is 2. The second kappa shape index (κ2) is 5.86. The summed E-state index contributed by atoms with van der Waals surface area (Å²) >= 11 is 3.15. The van der Waals surface area contributed by atoms with Crippen molar-refractivity contribution in [3.63, 3.8) is 0 Å². The number of phenolic OH excluding ortho intramolecular Hbond substituents is 1. The lowest BCUT2D eigenvalue weighted by Crippen LogP contribution is -2.19. The number of Topliss-reactive ketones (excluding diaryl/α,β-unsaturated/α-hetero) is 1. The Bertz CT molecular complexity index is 496. The molecule has 0 aliphatic carbocycles. The molecule has 0 aliphatic heterocycles. The van der Waals surface area contributed by atoms with Crippen LogP contribution < -0.4 is 4.74 Å². The van der Waals surface area contributed by atoms with Gasteiger partial charge in [-0.3, -0.25) is 4.79 Å². The molecule has 0 aliphatic rings. The Kier molecular flexibility index (Phi) is 4.72. The number of methoxy groups -OCH3 is 1. The number of hydrogen-bond acceptors (Lipinski definition) is 5. The summed E-state index contributed by atoms with van der Waals surface area (Å²) in [5, 5.41) is 9.64. The molecule has 0 amide bonds. The highest BCUT2D eigenvalue weighted by Crippen LogP contribution is 2.39. The van der Waals surface area contributed by atoms with Gasteiger partial charge >= 0.3 is 5.97 Å². The first-order valence-corrected chi connectivity index (χ1v) is 6.00. The lowest BCUT2D eigenvalue weighted by molar-refractivity contribution is -0.137. The molecule has 18 heavy (non-hydrogen) atoms. The van der Waals surface area contributed by atoms with Crippen LogP contribution in [0.4, 0.5) is 0 Å². The van der Waals surface area contributed by atoms with Crippen molar-refractivity contribution < 1.29 is 24.2 Å². The Morgan fingerprint density at radius 3 is 2.56 bits per heavy atom. The zero-order valence-electron chi connectivity index (χ0n) is 10.2. The molecular formula is C12H13BrO5. The topological polar surface area (TPSA) is 72.8 Å². The SMILES string of the molecule is CCOC(=O)C(=O)c1c(C)cc(O)c(OC)c1Br. The fourth-order valence-corrected chi connectivity index (χ4v) is 2.37. The highest BCUT2D eigenvalue weighted by Gasteiger charge is 2.26. The largest absolute Gasteiger partial charge is 0.504 e. The molecule has 6 heteroatoms. The van der Waals surface area contributed by atoms with E-state index >= 15 is 0 Å². The summed E-state index contributed by atoms with van der Waals surface area (Å²) in [5.74, 6) is -1.72. The predicted octanol–water partition coefficient (Wildman–Crippen LogP) is 2.22. The summed E-state index contributed by atoms with van der Waals surface area (Å²) in [4.78, 5) is 23.4. The number of halogens is 1. The fraction of sp³-hybridized carbons (Fsp3) is 0.333. The lowest BCUT2D eigenvalue weighted by atomic mass is 10.0. The van der Waals surface area contributed by atoms with E-state index in [4.69, 9.17) is 4.74 Å². The number of esters is 1. The van der Waals surface area contributed by atoms with Crippen LogP contribution in [0, 0.1) is 6.92 Å². The highest BCUT2D eigenvalue weighted by atomic mass is 79.9. The lowest BCUT2D eigenvalue weighted by Gasteiger charge is -2.12. The maximum atomic E-state index is 11.9. The van der Waals surface area contributed by atoms with Crippen LogP contribution in [-0.2, 0) is 9.53 Å². The second-order valence-corrected chi connectivity index (χ2v) is 4.28. The molecule has 1 aromatic rings. The molecule has 5 nitrogen and oxygen atoms in total. The van der Waals surface area contributed by atoms with Crippen molar-refractivity contribution >= 4 is 27.7 Å². The van der Waals surface area contributed by atoms with Gasteiger partial charge in [-0.1, -0.05) is 0 Å². The Labute approximate surface area is 113 Å². The van der Waals surface area contributed by atoms with Gasteiger partial charge in [0.25, 0.3) is 5.78 Å². The molecule has 1 aromatic carbocycles. The number of aryl methyl sites for hydroxylation is 1. The zero-order chi connectivity index (χ0) is 13.9. The van der Waals surface area contributed by atoms with Crippen LogP contribution in [0.3, 0.4) is 0 Å². The van der Waals surface area contributed by atoms with Gasteiger partial charge in [-0.05, 0) is 41.4 Å².